The summed E-state index contributed by atoms with van der Waals surface area (Å²) >= 11 is 5.91. The molecule has 1 heterocycles. The number of benzene rings is 1. The summed E-state index contributed by atoms with van der Waals surface area (Å²) in [6.07, 6.45) is 3.01. The normalized spacial score (nSPS) is 9.39. The molecule has 0 radical (unpaired) electrons. The molecule has 124 valence electrons. The first kappa shape index (κ1) is 18.7. The molecular formula is C16H21ClN4O2. The zero-order valence-corrected chi connectivity index (χ0v) is 13.9. The van der Waals surface area contributed by atoms with E-state index < -0.39 is 0 Å². The number of aromatic nitrogens is 1. The van der Waals surface area contributed by atoms with Gasteiger partial charge in [-0.3, -0.25) is 10.2 Å². The van der Waals surface area contributed by atoms with Crippen molar-refractivity contribution < 1.29 is 9.53 Å². The van der Waals surface area contributed by atoms with E-state index in [0.717, 1.165) is 17.7 Å². The van der Waals surface area contributed by atoms with Crippen molar-refractivity contribution in [1.29, 1.82) is 0 Å². The maximum Gasteiger partial charge on any atom is 0.221 e. The molecule has 0 aliphatic rings. The van der Waals surface area contributed by atoms with Crippen LogP contribution >= 0.6 is 11.6 Å². The van der Waals surface area contributed by atoms with Crippen molar-refractivity contribution in [2.45, 2.75) is 20.0 Å². The van der Waals surface area contributed by atoms with Crippen molar-refractivity contribution in [3.8, 4) is 5.88 Å². The van der Waals surface area contributed by atoms with Crippen LogP contribution in [-0.4, -0.2) is 18.4 Å². The summed E-state index contributed by atoms with van der Waals surface area (Å²) in [5.41, 5.74) is 5.27. The van der Waals surface area contributed by atoms with Crippen molar-refractivity contribution >= 4 is 23.7 Å². The number of anilines is 1. The lowest BCUT2D eigenvalue weighted by Crippen LogP contribution is -2.18. The SMILES string of the molecule is CCc1cccc(NC)c1COc1cc(Cl)ccn1.NNC=O. The second-order valence-corrected chi connectivity index (χ2v) is 4.87. The summed E-state index contributed by atoms with van der Waals surface area (Å²) in [5, 5.41) is 3.82. The van der Waals surface area contributed by atoms with E-state index in [1.807, 2.05) is 19.2 Å². The minimum atomic E-state index is 0.403. The smallest absolute Gasteiger partial charge is 0.221 e. The summed E-state index contributed by atoms with van der Waals surface area (Å²) in [5.74, 6) is 4.95. The van der Waals surface area contributed by atoms with Crippen LogP contribution in [0.4, 0.5) is 5.69 Å². The number of hydrazine groups is 1. The third-order valence-corrected chi connectivity index (χ3v) is 3.29. The Labute approximate surface area is 141 Å². The van der Waals surface area contributed by atoms with E-state index in [4.69, 9.17) is 21.1 Å². The molecule has 0 saturated heterocycles. The molecule has 0 fully saturated rings. The molecule has 2 aromatic rings. The van der Waals surface area contributed by atoms with Crippen LogP contribution in [-0.2, 0) is 17.8 Å². The molecule has 1 aromatic carbocycles. The summed E-state index contributed by atoms with van der Waals surface area (Å²) in [4.78, 5) is 13.1. The minimum absolute atomic E-state index is 0.403. The second kappa shape index (κ2) is 10.4. The Morgan fingerprint density at radius 3 is 2.70 bits per heavy atom. The molecule has 0 saturated carbocycles. The number of aryl methyl sites for hydroxylation is 1. The van der Waals surface area contributed by atoms with Crippen molar-refractivity contribution in [2.75, 3.05) is 12.4 Å². The van der Waals surface area contributed by atoms with Gasteiger partial charge in [0.05, 0.1) is 0 Å². The Kier molecular flexibility index (Phi) is 8.49. The number of nitrogens with two attached hydrogens (primary N) is 1. The highest BCUT2D eigenvalue weighted by molar-refractivity contribution is 6.30. The molecule has 0 spiro atoms. The van der Waals surface area contributed by atoms with Crippen LogP contribution in [0.25, 0.3) is 0 Å². The van der Waals surface area contributed by atoms with Gasteiger partial charge in [-0.1, -0.05) is 30.7 Å². The Morgan fingerprint density at radius 1 is 1.39 bits per heavy atom. The van der Waals surface area contributed by atoms with Crippen molar-refractivity contribution in [2.24, 2.45) is 5.84 Å². The number of ether oxygens (including phenoxy) is 1. The molecule has 0 atom stereocenters. The highest BCUT2D eigenvalue weighted by Gasteiger charge is 2.07. The molecule has 0 aliphatic carbocycles. The van der Waals surface area contributed by atoms with E-state index >= 15 is 0 Å². The zero-order valence-electron chi connectivity index (χ0n) is 13.2. The molecule has 2 rings (SSSR count). The van der Waals surface area contributed by atoms with Gasteiger partial charge in [-0.25, -0.2) is 10.8 Å². The number of carbonyl (C=O) groups excluding carboxylic acids is 1. The van der Waals surface area contributed by atoms with Gasteiger partial charge in [-0.2, -0.15) is 0 Å². The highest BCUT2D eigenvalue weighted by atomic mass is 35.5. The average Bonchev–Trinajstić information content (AvgIpc) is 2.59. The van der Waals surface area contributed by atoms with Crippen molar-refractivity contribution in [3.05, 3.63) is 52.7 Å². The van der Waals surface area contributed by atoms with E-state index in [9.17, 15) is 0 Å². The Bertz CT molecular complexity index is 601. The van der Waals surface area contributed by atoms with Crippen LogP contribution in [0.1, 0.15) is 18.1 Å². The Balaban J connectivity index is 0.000000593. The molecule has 1 aromatic heterocycles. The fourth-order valence-electron chi connectivity index (χ4n) is 1.98. The van der Waals surface area contributed by atoms with Crippen molar-refractivity contribution in [1.82, 2.24) is 10.4 Å². The molecule has 23 heavy (non-hydrogen) atoms. The molecule has 0 unspecified atom stereocenters. The first-order valence-corrected chi connectivity index (χ1v) is 7.46. The number of halogens is 1. The summed E-state index contributed by atoms with van der Waals surface area (Å²) in [6.45, 7) is 2.61. The number of rotatable bonds is 6. The summed E-state index contributed by atoms with van der Waals surface area (Å²) in [6, 6.07) is 9.66. The Morgan fingerprint density at radius 2 is 2.13 bits per heavy atom. The number of nitrogens with zero attached hydrogens (tertiary/aromatic N) is 1. The van der Waals surface area contributed by atoms with E-state index in [1.54, 1.807) is 23.8 Å². The number of hydrogen-bond acceptors (Lipinski definition) is 5. The molecule has 0 aliphatic heterocycles. The number of pyridine rings is 1. The predicted octanol–water partition coefficient (Wildman–Crippen LogP) is 2.52. The number of nitrogens with one attached hydrogen (secondary N) is 2. The summed E-state index contributed by atoms with van der Waals surface area (Å²) in [7, 11) is 1.91. The lowest BCUT2D eigenvalue weighted by atomic mass is 10.0. The van der Waals surface area contributed by atoms with Crippen LogP contribution in [0.3, 0.4) is 0 Å². The third-order valence-electron chi connectivity index (χ3n) is 3.05. The maximum absolute atomic E-state index is 8.94. The monoisotopic (exact) mass is 336 g/mol. The molecule has 4 N–H and O–H groups in total. The van der Waals surface area contributed by atoms with Gasteiger partial charge < -0.3 is 10.1 Å². The van der Waals surface area contributed by atoms with E-state index in [1.165, 1.54) is 5.56 Å². The maximum atomic E-state index is 8.94. The van der Waals surface area contributed by atoms with E-state index in [0.29, 0.717) is 23.9 Å². The molecule has 7 heteroatoms. The standard InChI is InChI=1S/C15H17ClN2O.CH4N2O/c1-3-11-5-4-6-14(17-2)13(11)10-19-15-9-12(16)7-8-18-15;2-3-1-4/h4-9,17H,3,10H2,1-2H3;1H,2H2,(H,3,4). The van der Waals surface area contributed by atoms with E-state index in [-0.39, 0.29) is 0 Å². The van der Waals surface area contributed by atoms with Crippen LogP contribution in [0.5, 0.6) is 5.88 Å². The van der Waals surface area contributed by atoms with Gasteiger partial charge >= 0.3 is 0 Å². The quantitative estimate of drug-likeness (QED) is 0.326. The fraction of sp³-hybridized carbons (Fsp3) is 0.250. The molecular weight excluding hydrogens is 316 g/mol. The Hall–Kier alpha value is -2.31. The average molecular weight is 337 g/mol. The highest BCUT2D eigenvalue weighted by Crippen LogP contribution is 2.23. The molecule has 6 nitrogen and oxygen atoms in total. The topological polar surface area (TPSA) is 89.3 Å². The predicted molar refractivity (Wildman–Crippen MR) is 92.3 cm³/mol. The molecule has 0 bridgehead atoms. The lowest BCUT2D eigenvalue weighted by Gasteiger charge is -2.14. The number of carbonyl (C=O) groups is 1. The number of hydrogen-bond donors (Lipinski definition) is 3. The fourth-order valence-corrected chi connectivity index (χ4v) is 2.13. The molecule has 1 amide bonds. The minimum Gasteiger partial charge on any atom is -0.473 e. The second-order valence-electron chi connectivity index (χ2n) is 4.43. The van der Waals surface area contributed by atoms with Gasteiger partial charge in [0.25, 0.3) is 0 Å². The van der Waals surface area contributed by atoms with Gasteiger partial charge in [0.2, 0.25) is 12.3 Å². The van der Waals surface area contributed by atoms with Gasteiger partial charge in [-0.15, -0.1) is 0 Å². The van der Waals surface area contributed by atoms with Gasteiger partial charge in [0.15, 0.2) is 0 Å². The van der Waals surface area contributed by atoms with E-state index in [2.05, 4.69) is 29.1 Å². The summed E-state index contributed by atoms with van der Waals surface area (Å²) < 4.78 is 5.72. The first-order valence-electron chi connectivity index (χ1n) is 7.08. The van der Waals surface area contributed by atoms with Crippen LogP contribution in [0.15, 0.2) is 36.5 Å². The van der Waals surface area contributed by atoms with Gasteiger partial charge in [0, 0.05) is 35.6 Å². The van der Waals surface area contributed by atoms with Crippen LogP contribution in [0, 0.1) is 0 Å². The van der Waals surface area contributed by atoms with Crippen LogP contribution in [0.2, 0.25) is 5.02 Å². The lowest BCUT2D eigenvalue weighted by molar-refractivity contribution is -0.109. The first-order chi connectivity index (χ1) is 11.2. The van der Waals surface area contributed by atoms with Gasteiger partial charge in [0.1, 0.15) is 6.61 Å². The van der Waals surface area contributed by atoms with Crippen LogP contribution < -0.4 is 21.3 Å². The van der Waals surface area contributed by atoms with Crippen molar-refractivity contribution in [3.63, 3.8) is 0 Å². The number of amides is 1. The zero-order chi connectivity index (χ0) is 17.1. The van der Waals surface area contributed by atoms with Gasteiger partial charge in [-0.05, 0) is 24.1 Å². The third kappa shape index (κ3) is 6.14. The largest absolute Gasteiger partial charge is 0.473 e.